The molecule has 41 heavy (non-hydrogen) atoms. The Kier molecular flexibility index (Phi) is 29.1. The van der Waals surface area contributed by atoms with E-state index < -0.39 is 33.2 Å². The Morgan fingerprint density at radius 2 is 0.683 bits per heavy atom. The van der Waals surface area contributed by atoms with Gasteiger partial charge in [0.2, 0.25) is 0 Å². The van der Waals surface area contributed by atoms with Crippen LogP contribution < -0.4 is 0 Å². The van der Waals surface area contributed by atoms with E-state index in [0.717, 1.165) is 102 Å². The fourth-order valence-corrected chi connectivity index (χ4v) is 45.0. The molecule has 248 valence electrons. The SMILES string of the molecule is CCC[CH2][Sn]([CH2]CCC)([S]CC[Si](OCCC)(OCCC)OCCC)[S]CC[Si](OCCC)(OCCC)OCCC. The molecule has 11 heteroatoms. The molecular weight excluding hydrogens is 695 g/mol. The van der Waals surface area contributed by atoms with Crippen LogP contribution in [0.2, 0.25) is 21.0 Å². The standard InChI is InChI=1S/2C11H26O3SSi.2C4H9.Sn/c2*1-4-7-12-16(11-10-15,13-8-5-2)14-9-6-3;2*1-3-4-2;/h2*15H,4-11H2,1-3H3;2*1,3-4H2,2H3;/q;;;;+2/p-2. The van der Waals surface area contributed by atoms with E-state index in [2.05, 4.69) is 73.3 Å². The van der Waals surface area contributed by atoms with E-state index in [1.165, 1.54) is 34.6 Å². The molecule has 0 amide bonds. The van der Waals surface area contributed by atoms with Gasteiger partial charge in [0.15, 0.2) is 0 Å². The summed E-state index contributed by atoms with van der Waals surface area (Å²) in [6.45, 7) is 22.0. The third-order valence-electron chi connectivity index (χ3n) is 6.53. The van der Waals surface area contributed by atoms with Gasteiger partial charge in [0.05, 0.1) is 0 Å². The molecule has 0 aromatic carbocycles. The Morgan fingerprint density at radius 1 is 0.415 bits per heavy atom. The zero-order valence-corrected chi connectivity index (χ0v) is 34.8. The van der Waals surface area contributed by atoms with Crippen LogP contribution in [0.25, 0.3) is 0 Å². The summed E-state index contributed by atoms with van der Waals surface area (Å²) < 4.78 is 41.6. The molecule has 0 bridgehead atoms. The van der Waals surface area contributed by atoms with Crippen LogP contribution in [-0.2, 0) is 26.6 Å². The molecule has 0 saturated heterocycles. The summed E-state index contributed by atoms with van der Waals surface area (Å²) in [4.78, 5) is 0. The average Bonchev–Trinajstić information content (AvgIpc) is 2.99. The van der Waals surface area contributed by atoms with Crippen molar-refractivity contribution in [2.75, 3.05) is 51.1 Å². The van der Waals surface area contributed by atoms with Crippen molar-refractivity contribution in [2.24, 2.45) is 0 Å². The number of unbranched alkanes of at least 4 members (excludes halogenated alkanes) is 2. The number of hydrogen-bond donors (Lipinski definition) is 0. The molecule has 6 nitrogen and oxygen atoms in total. The minimum atomic E-state index is -2.68. The van der Waals surface area contributed by atoms with E-state index in [4.69, 9.17) is 26.6 Å². The molecule has 0 saturated carbocycles. The van der Waals surface area contributed by atoms with Crippen molar-refractivity contribution in [1.29, 1.82) is 0 Å². The average molecular weight is 764 g/mol. The molecule has 0 unspecified atom stereocenters. The predicted molar refractivity (Wildman–Crippen MR) is 189 cm³/mol. The third-order valence-corrected chi connectivity index (χ3v) is 43.8. The zero-order valence-electron chi connectivity index (χ0n) is 28.3. The van der Waals surface area contributed by atoms with Gasteiger partial charge in [0, 0.05) is 0 Å². The first-order valence-electron chi connectivity index (χ1n) is 17.0. The molecule has 0 rings (SSSR count). The summed E-state index contributed by atoms with van der Waals surface area (Å²) in [5.74, 6) is 2.18. The Balaban J connectivity index is 5.83. The quantitative estimate of drug-likeness (QED) is 0.0628. The van der Waals surface area contributed by atoms with Crippen molar-refractivity contribution < 1.29 is 26.6 Å². The summed E-state index contributed by atoms with van der Waals surface area (Å²) in [6.07, 6.45) is 11.1. The monoisotopic (exact) mass is 764 g/mol. The molecule has 0 aromatic rings. The summed E-state index contributed by atoms with van der Waals surface area (Å²) >= 11 is -2.62. The molecule has 0 aliphatic rings. The Labute approximate surface area is 267 Å². The number of hydrogen-bond acceptors (Lipinski definition) is 8. The molecule has 0 aromatic heterocycles. The maximum absolute atomic E-state index is 6.45. The van der Waals surface area contributed by atoms with Gasteiger partial charge in [-0.2, -0.15) is 0 Å². The fourth-order valence-electron chi connectivity index (χ4n) is 4.30. The summed E-state index contributed by atoms with van der Waals surface area (Å²) in [7, 11) is -0.671. The third kappa shape index (κ3) is 19.7. The van der Waals surface area contributed by atoms with Crippen molar-refractivity contribution in [3.05, 3.63) is 0 Å². The zero-order chi connectivity index (χ0) is 30.7. The van der Waals surface area contributed by atoms with Crippen molar-refractivity contribution >= 4 is 51.1 Å². The van der Waals surface area contributed by atoms with Crippen molar-refractivity contribution in [3.63, 3.8) is 0 Å². The van der Waals surface area contributed by atoms with Crippen LogP contribution in [0.15, 0.2) is 0 Å². The van der Waals surface area contributed by atoms with E-state index in [-0.39, 0.29) is 0 Å². The molecule has 0 atom stereocenters. The van der Waals surface area contributed by atoms with Gasteiger partial charge in [0.1, 0.15) is 0 Å². The maximum atomic E-state index is 6.45. The predicted octanol–water partition coefficient (Wildman–Crippen LogP) is 9.93. The molecule has 0 spiro atoms. The van der Waals surface area contributed by atoms with Crippen LogP contribution in [0.3, 0.4) is 0 Å². The van der Waals surface area contributed by atoms with Crippen LogP contribution in [0.4, 0.5) is 0 Å². The first-order valence-corrected chi connectivity index (χ1v) is 33.9. The van der Waals surface area contributed by atoms with Gasteiger partial charge < -0.3 is 0 Å². The van der Waals surface area contributed by atoms with Crippen LogP contribution in [0.5, 0.6) is 0 Å². The first-order chi connectivity index (χ1) is 19.9. The summed E-state index contributed by atoms with van der Waals surface area (Å²) in [6, 6.07) is 1.85. The van der Waals surface area contributed by atoms with Gasteiger partial charge in [-0.3, -0.25) is 0 Å². The van der Waals surface area contributed by atoms with E-state index in [1.807, 2.05) is 0 Å². The van der Waals surface area contributed by atoms with Gasteiger partial charge in [0.25, 0.3) is 0 Å². The van der Waals surface area contributed by atoms with Crippen molar-refractivity contribution in [2.45, 2.75) is 141 Å². The first kappa shape index (κ1) is 42.7. The molecular formula is C30H68O6S2Si2Sn. The van der Waals surface area contributed by atoms with Crippen LogP contribution in [-0.4, -0.2) is 84.4 Å². The van der Waals surface area contributed by atoms with Gasteiger partial charge in [-0.15, -0.1) is 0 Å². The topological polar surface area (TPSA) is 55.4 Å². The van der Waals surface area contributed by atoms with Gasteiger partial charge in [-0.25, -0.2) is 0 Å². The summed E-state index contributed by atoms with van der Waals surface area (Å²) in [5.41, 5.74) is 0. The van der Waals surface area contributed by atoms with E-state index in [0.29, 0.717) is 0 Å². The summed E-state index contributed by atoms with van der Waals surface area (Å²) in [5, 5.41) is 0. The Hall–Kier alpha value is 1.69. The Morgan fingerprint density at radius 3 is 0.902 bits per heavy atom. The molecule has 0 aliphatic carbocycles. The second kappa shape index (κ2) is 28.0. The van der Waals surface area contributed by atoms with Gasteiger partial charge >= 0.3 is 269 Å². The van der Waals surface area contributed by atoms with Crippen LogP contribution >= 0.6 is 17.9 Å². The van der Waals surface area contributed by atoms with Gasteiger partial charge in [-0.05, 0) is 0 Å². The van der Waals surface area contributed by atoms with Crippen LogP contribution in [0.1, 0.15) is 120 Å². The van der Waals surface area contributed by atoms with Gasteiger partial charge in [-0.1, -0.05) is 0 Å². The van der Waals surface area contributed by atoms with Crippen molar-refractivity contribution in [1.82, 2.24) is 0 Å². The van der Waals surface area contributed by atoms with E-state index >= 15 is 0 Å². The molecule has 0 heterocycles. The molecule has 0 fully saturated rings. The normalized spacial score (nSPS) is 12.9. The van der Waals surface area contributed by atoms with E-state index in [9.17, 15) is 0 Å². The molecule has 0 radical (unpaired) electrons. The minimum absolute atomic E-state index is 0.721. The molecule has 0 aliphatic heterocycles. The van der Waals surface area contributed by atoms with Crippen molar-refractivity contribution in [3.8, 4) is 0 Å². The second-order valence-corrected chi connectivity index (χ2v) is 42.8. The van der Waals surface area contributed by atoms with Crippen LogP contribution in [0, 0.1) is 0 Å². The fraction of sp³-hybridized carbons (Fsp3) is 1.00. The Bertz CT molecular complexity index is 492. The molecule has 0 N–H and O–H groups in total. The second-order valence-electron chi connectivity index (χ2n) is 10.8. The van der Waals surface area contributed by atoms with E-state index in [1.54, 1.807) is 0 Å². The number of rotatable bonds is 32.